The van der Waals surface area contributed by atoms with Crippen molar-refractivity contribution in [2.45, 2.75) is 38.6 Å². The van der Waals surface area contributed by atoms with Gasteiger partial charge in [-0.1, -0.05) is 13.8 Å². The highest BCUT2D eigenvalue weighted by molar-refractivity contribution is 5.88. The van der Waals surface area contributed by atoms with Gasteiger partial charge in [0.2, 0.25) is 0 Å². The van der Waals surface area contributed by atoms with Crippen LogP contribution in [-0.4, -0.2) is 20.9 Å². The van der Waals surface area contributed by atoms with Gasteiger partial charge >= 0.3 is 5.97 Å². The normalized spacial score (nSPS) is 16.2. The summed E-state index contributed by atoms with van der Waals surface area (Å²) >= 11 is 0. The lowest BCUT2D eigenvalue weighted by atomic mass is 10.1. The van der Waals surface area contributed by atoms with Gasteiger partial charge in [-0.15, -0.1) is 0 Å². The monoisotopic (exact) mass is 194 g/mol. The highest BCUT2D eigenvalue weighted by atomic mass is 16.4. The smallest absolute Gasteiger partial charge is 0.339 e. The first-order valence-electron chi connectivity index (χ1n) is 4.92. The maximum absolute atomic E-state index is 10.9. The van der Waals surface area contributed by atoms with Crippen molar-refractivity contribution in [3.05, 3.63) is 17.5 Å². The standard InChI is InChI=1S/C10H14N2O2/c1-6(2)9-8(10(13)14)5-12(11-9)7-3-4-7/h5-7H,3-4H2,1-2H3,(H,13,14). The van der Waals surface area contributed by atoms with E-state index in [9.17, 15) is 4.79 Å². The van der Waals surface area contributed by atoms with Crippen LogP contribution in [0.1, 0.15) is 54.7 Å². The van der Waals surface area contributed by atoms with E-state index in [2.05, 4.69) is 5.10 Å². The molecule has 1 heterocycles. The SMILES string of the molecule is CC(C)c1nn(C2CC2)cc1C(=O)O. The van der Waals surface area contributed by atoms with Crippen LogP contribution < -0.4 is 0 Å². The van der Waals surface area contributed by atoms with E-state index in [0.717, 1.165) is 12.8 Å². The Bertz CT molecular complexity index is 364. The van der Waals surface area contributed by atoms with Gasteiger partial charge in [0.25, 0.3) is 0 Å². The number of hydrogen-bond acceptors (Lipinski definition) is 2. The molecule has 1 aromatic rings. The van der Waals surface area contributed by atoms with E-state index in [-0.39, 0.29) is 5.92 Å². The zero-order chi connectivity index (χ0) is 10.3. The van der Waals surface area contributed by atoms with E-state index in [0.29, 0.717) is 17.3 Å². The molecule has 76 valence electrons. The highest BCUT2D eigenvalue weighted by Gasteiger charge is 2.27. The fourth-order valence-electron chi connectivity index (χ4n) is 1.52. The van der Waals surface area contributed by atoms with Crippen LogP contribution in [0.5, 0.6) is 0 Å². The number of carboxylic acid groups (broad SMARTS) is 1. The summed E-state index contributed by atoms with van der Waals surface area (Å²) in [7, 11) is 0. The molecule has 0 amide bonds. The van der Waals surface area contributed by atoms with Crippen LogP contribution in [0.4, 0.5) is 0 Å². The molecule has 0 bridgehead atoms. The van der Waals surface area contributed by atoms with Crippen LogP contribution >= 0.6 is 0 Å². The lowest BCUT2D eigenvalue weighted by Gasteiger charge is -2.00. The Hall–Kier alpha value is -1.32. The number of carbonyl (C=O) groups is 1. The van der Waals surface area contributed by atoms with E-state index in [1.807, 2.05) is 13.8 Å². The zero-order valence-corrected chi connectivity index (χ0v) is 8.40. The molecule has 0 saturated heterocycles. The third-order valence-corrected chi connectivity index (χ3v) is 2.46. The Morgan fingerprint density at radius 1 is 1.64 bits per heavy atom. The van der Waals surface area contributed by atoms with Gasteiger partial charge in [-0.05, 0) is 18.8 Å². The molecule has 0 spiro atoms. The second-order valence-corrected chi connectivity index (χ2v) is 4.10. The number of nitrogens with zero attached hydrogens (tertiary/aromatic N) is 2. The summed E-state index contributed by atoms with van der Waals surface area (Å²) < 4.78 is 1.80. The topological polar surface area (TPSA) is 55.1 Å². The van der Waals surface area contributed by atoms with Crippen molar-refractivity contribution < 1.29 is 9.90 Å². The first-order chi connectivity index (χ1) is 6.59. The minimum Gasteiger partial charge on any atom is -0.478 e. The van der Waals surface area contributed by atoms with Gasteiger partial charge in [0, 0.05) is 6.20 Å². The predicted octanol–water partition coefficient (Wildman–Crippen LogP) is 2.04. The summed E-state index contributed by atoms with van der Waals surface area (Å²) in [5, 5.41) is 13.3. The van der Waals surface area contributed by atoms with E-state index in [4.69, 9.17) is 5.11 Å². The van der Waals surface area contributed by atoms with Gasteiger partial charge < -0.3 is 5.11 Å². The third-order valence-electron chi connectivity index (χ3n) is 2.46. The van der Waals surface area contributed by atoms with Gasteiger partial charge in [0.1, 0.15) is 5.56 Å². The van der Waals surface area contributed by atoms with Crippen LogP contribution in [0.3, 0.4) is 0 Å². The molecule has 0 unspecified atom stereocenters. The summed E-state index contributed by atoms with van der Waals surface area (Å²) in [6.07, 6.45) is 3.91. The Morgan fingerprint density at radius 2 is 2.29 bits per heavy atom. The molecule has 1 aliphatic carbocycles. The molecular weight excluding hydrogens is 180 g/mol. The largest absolute Gasteiger partial charge is 0.478 e. The van der Waals surface area contributed by atoms with E-state index < -0.39 is 5.97 Å². The second kappa shape index (κ2) is 3.12. The molecule has 0 aliphatic heterocycles. The summed E-state index contributed by atoms with van der Waals surface area (Å²) in [5.74, 6) is -0.707. The van der Waals surface area contributed by atoms with E-state index >= 15 is 0 Å². The van der Waals surface area contributed by atoms with Crippen molar-refractivity contribution in [3.8, 4) is 0 Å². The summed E-state index contributed by atoms with van der Waals surface area (Å²) in [6, 6.07) is 0.445. The third kappa shape index (κ3) is 1.52. The van der Waals surface area contributed by atoms with Crippen LogP contribution in [-0.2, 0) is 0 Å². The summed E-state index contributed by atoms with van der Waals surface area (Å²) in [5.41, 5.74) is 1.05. The van der Waals surface area contributed by atoms with E-state index in [1.165, 1.54) is 0 Å². The van der Waals surface area contributed by atoms with Crippen LogP contribution in [0.25, 0.3) is 0 Å². The van der Waals surface area contributed by atoms with Crippen LogP contribution in [0.15, 0.2) is 6.20 Å². The molecule has 1 aliphatic rings. The van der Waals surface area contributed by atoms with Crippen LogP contribution in [0.2, 0.25) is 0 Å². The van der Waals surface area contributed by atoms with Gasteiger partial charge in [0.05, 0.1) is 11.7 Å². The molecule has 1 N–H and O–H groups in total. The molecule has 0 radical (unpaired) electrons. The average Bonchev–Trinajstić information content (AvgIpc) is 2.83. The number of rotatable bonds is 3. The van der Waals surface area contributed by atoms with Crippen molar-refractivity contribution >= 4 is 5.97 Å². The Balaban J connectivity index is 2.39. The summed E-state index contributed by atoms with van der Waals surface area (Å²) in [6.45, 7) is 3.93. The van der Waals surface area contributed by atoms with Crippen molar-refractivity contribution in [1.29, 1.82) is 0 Å². The second-order valence-electron chi connectivity index (χ2n) is 4.10. The van der Waals surface area contributed by atoms with Crippen molar-refractivity contribution in [1.82, 2.24) is 9.78 Å². The first kappa shape index (κ1) is 9.24. The van der Waals surface area contributed by atoms with Gasteiger partial charge in [-0.25, -0.2) is 4.79 Å². The minimum absolute atomic E-state index is 0.168. The summed E-state index contributed by atoms with van der Waals surface area (Å²) in [4.78, 5) is 10.9. The number of hydrogen-bond donors (Lipinski definition) is 1. The molecule has 1 aromatic heterocycles. The average molecular weight is 194 g/mol. The Labute approximate surface area is 82.5 Å². The predicted molar refractivity (Wildman–Crippen MR) is 51.5 cm³/mol. The fourth-order valence-corrected chi connectivity index (χ4v) is 1.52. The van der Waals surface area contributed by atoms with Crippen LogP contribution in [0, 0.1) is 0 Å². The van der Waals surface area contributed by atoms with Gasteiger partial charge in [-0.3, -0.25) is 4.68 Å². The lowest BCUT2D eigenvalue weighted by Crippen LogP contribution is -2.01. The van der Waals surface area contributed by atoms with E-state index in [1.54, 1.807) is 10.9 Å². The van der Waals surface area contributed by atoms with Crippen molar-refractivity contribution in [3.63, 3.8) is 0 Å². The quantitative estimate of drug-likeness (QED) is 0.801. The number of carboxylic acids is 1. The molecule has 14 heavy (non-hydrogen) atoms. The Morgan fingerprint density at radius 3 is 2.64 bits per heavy atom. The highest BCUT2D eigenvalue weighted by Crippen LogP contribution is 2.35. The molecule has 4 nitrogen and oxygen atoms in total. The van der Waals surface area contributed by atoms with Crippen molar-refractivity contribution in [2.24, 2.45) is 0 Å². The maximum atomic E-state index is 10.9. The Kier molecular flexibility index (Phi) is 2.06. The molecular formula is C10H14N2O2. The zero-order valence-electron chi connectivity index (χ0n) is 8.40. The van der Waals surface area contributed by atoms with Gasteiger partial charge in [-0.2, -0.15) is 5.10 Å². The minimum atomic E-state index is -0.874. The fraction of sp³-hybridized carbons (Fsp3) is 0.600. The molecule has 0 atom stereocenters. The maximum Gasteiger partial charge on any atom is 0.339 e. The molecule has 1 saturated carbocycles. The molecule has 1 fully saturated rings. The number of aromatic carboxylic acids is 1. The number of aromatic nitrogens is 2. The molecule has 0 aromatic carbocycles. The first-order valence-corrected chi connectivity index (χ1v) is 4.92. The molecule has 2 rings (SSSR count). The van der Waals surface area contributed by atoms with Gasteiger partial charge in [0.15, 0.2) is 0 Å². The lowest BCUT2D eigenvalue weighted by molar-refractivity contribution is 0.0695. The van der Waals surface area contributed by atoms with Crippen molar-refractivity contribution in [2.75, 3.05) is 0 Å². The molecule has 4 heteroatoms.